The Morgan fingerprint density at radius 3 is 2.50 bits per heavy atom. The van der Waals surface area contributed by atoms with Crippen LogP contribution >= 0.6 is 0 Å². The van der Waals surface area contributed by atoms with E-state index in [2.05, 4.69) is 11.9 Å². The lowest BCUT2D eigenvalue weighted by molar-refractivity contribution is -0.384. The van der Waals surface area contributed by atoms with E-state index >= 15 is 0 Å². The molecular formula is C24H23N3O7. The number of anilines is 1. The number of rotatable bonds is 9. The van der Waals surface area contributed by atoms with Crippen LogP contribution in [0.25, 0.3) is 6.08 Å². The summed E-state index contributed by atoms with van der Waals surface area (Å²) >= 11 is 0. The Hall–Kier alpha value is -4.47. The number of non-ortho nitro benzene ring substituents is 1. The molecule has 2 aromatic rings. The van der Waals surface area contributed by atoms with Gasteiger partial charge in [-0.25, -0.2) is 9.69 Å². The molecule has 0 atom stereocenters. The number of hydrogen-bond donors (Lipinski definition) is 1. The van der Waals surface area contributed by atoms with Crippen molar-refractivity contribution in [3.63, 3.8) is 0 Å². The molecule has 1 aliphatic rings. The Morgan fingerprint density at radius 2 is 1.85 bits per heavy atom. The van der Waals surface area contributed by atoms with Crippen LogP contribution in [0.3, 0.4) is 0 Å². The third-order valence-electron chi connectivity index (χ3n) is 4.82. The number of amides is 4. The van der Waals surface area contributed by atoms with Crippen LogP contribution in [0.5, 0.6) is 11.5 Å². The van der Waals surface area contributed by atoms with E-state index in [9.17, 15) is 24.5 Å². The third-order valence-corrected chi connectivity index (χ3v) is 4.82. The monoisotopic (exact) mass is 465 g/mol. The SMILES string of the molecule is C=CCc1cc(/C=C2\C(=O)NC(=O)N(c3cccc([N+](=O)[O-])c3)C2=O)cc(OCC)c1OCC. The summed E-state index contributed by atoms with van der Waals surface area (Å²) < 4.78 is 11.4. The van der Waals surface area contributed by atoms with E-state index < -0.39 is 22.8 Å². The van der Waals surface area contributed by atoms with Crippen LogP contribution < -0.4 is 19.7 Å². The van der Waals surface area contributed by atoms with Gasteiger partial charge in [-0.1, -0.05) is 12.1 Å². The smallest absolute Gasteiger partial charge is 0.335 e. The predicted molar refractivity (Wildman–Crippen MR) is 125 cm³/mol. The van der Waals surface area contributed by atoms with Crippen molar-refractivity contribution in [2.24, 2.45) is 0 Å². The Bertz CT molecular complexity index is 1200. The maximum Gasteiger partial charge on any atom is 0.335 e. The summed E-state index contributed by atoms with van der Waals surface area (Å²) in [6.45, 7) is 8.18. The van der Waals surface area contributed by atoms with E-state index in [-0.39, 0.29) is 16.9 Å². The van der Waals surface area contributed by atoms with Gasteiger partial charge in [-0.2, -0.15) is 0 Å². The minimum atomic E-state index is -0.998. The van der Waals surface area contributed by atoms with Gasteiger partial charge in [-0.3, -0.25) is 25.0 Å². The lowest BCUT2D eigenvalue weighted by Crippen LogP contribution is -2.54. The van der Waals surface area contributed by atoms with Crippen molar-refractivity contribution in [2.75, 3.05) is 18.1 Å². The highest BCUT2D eigenvalue weighted by atomic mass is 16.6. The lowest BCUT2D eigenvalue weighted by atomic mass is 10.0. The first-order chi connectivity index (χ1) is 16.3. The molecule has 34 heavy (non-hydrogen) atoms. The van der Waals surface area contributed by atoms with Crippen LogP contribution in [-0.4, -0.2) is 36.0 Å². The molecule has 1 fully saturated rings. The first kappa shape index (κ1) is 24.2. The highest BCUT2D eigenvalue weighted by Gasteiger charge is 2.37. The molecule has 10 heteroatoms. The minimum Gasteiger partial charge on any atom is -0.490 e. The summed E-state index contributed by atoms with van der Waals surface area (Å²) in [5.74, 6) is -0.815. The molecule has 176 valence electrons. The number of nitrogens with zero attached hydrogens (tertiary/aromatic N) is 2. The molecule has 10 nitrogen and oxygen atoms in total. The summed E-state index contributed by atoms with van der Waals surface area (Å²) in [6, 6.07) is 7.38. The molecule has 1 aliphatic heterocycles. The fourth-order valence-electron chi connectivity index (χ4n) is 3.45. The van der Waals surface area contributed by atoms with E-state index in [1.54, 1.807) is 18.2 Å². The van der Waals surface area contributed by atoms with Crippen LogP contribution in [0, 0.1) is 10.1 Å². The molecule has 0 radical (unpaired) electrons. The number of urea groups is 1. The van der Waals surface area contributed by atoms with E-state index in [1.165, 1.54) is 24.3 Å². The number of carbonyl (C=O) groups excluding carboxylic acids is 3. The fraction of sp³-hybridized carbons (Fsp3) is 0.208. The maximum absolute atomic E-state index is 13.2. The minimum absolute atomic E-state index is 0.0378. The zero-order chi connectivity index (χ0) is 24.8. The van der Waals surface area contributed by atoms with Gasteiger partial charge in [-0.05, 0) is 50.1 Å². The van der Waals surface area contributed by atoms with Gasteiger partial charge < -0.3 is 9.47 Å². The lowest BCUT2D eigenvalue weighted by Gasteiger charge is -2.26. The van der Waals surface area contributed by atoms with Crippen molar-refractivity contribution in [1.29, 1.82) is 0 Å². The number of benzene rings is 2. The van der Waals surface area contributed by atoms with Crippen molar-refractivity contribution in [1.82, 2.24) is 5.32 Å². The maximum atomic E-state index is 13.2. The molecule has 1 N–H and O–H groups in total. The van der Waals surface area contributed by atoms with Crippen molar-refractivity contribution in [3.05, 3.63) is 75.9 Å². The molecule has 2 aromatic carbocycles. The molecule has 0 saturated carbocycles. The summed E-state index contributed by atoms with van der Waals surface area (Å²) in [6.07, 6.45) is 3.47. The molecule has 0 spiro atoms. The van der Waals surface area contributed by atoms with Gasteiger partial charge in [-0.15, -0.1) is 6.58 Å². The van der Waals surface area contributed by atoms with E-state index in [0.29, 0.717) is 41.6 Å². The van der Waals surface area contributed by atoms with Gasteiger partial charge in [0.1, 0.15) is 5.57 Å². The molecule has 0 bridgehead atoms. The van der Waals surface area contributed by atoms with Gasteiger partial charge in [0.25, 0.3) is 17.5 Å². The van der Waals surface area contributed by atoms with Gasteiger partial charge in [0.05, 0.1) is 23.8 Å². The van der Waals surface area contributed by atoms with Crippen molar-refractivity contribution >= 4 is 35.3 Å². The summed E-state index contributed by atoms with van der Waals surface area (Å²) in [7, 11) is 0. The molecule has 4 amide bonds. The second-order valence-electron chi connectivity index (χ2n) is 7.10. The Kier molecular flexibility index (Phi) is 7.42. The van der Waals surface area contributed by atoms with Gasteiger partial charge >= 0.3 is 6.03 Å². The van der Waals surface area contributed by atoms with Gasteiger partial charge in [0.15, 0.2) is 11.5 Å². The molecular weight excluding hydrogens is 442 g/mol. The quantitative estimate of drug-likeness (QED) is 0.196. The van der Waals surface area contributed by atoms with Crippen LogP contribution in [0.1, 0.15) is 25.0 Å². The number of allylic oxidation sites excluding steroid dienone is 1. The summed E-state index contributed by atoms with van der Waals surface area (Å²) in [5.41, 5.74) is 0.550. The second-order valence-corrected chi connectivity index (χ2v) is 7.10. The number of hydrogen-bond acceptors (Lipinski definition) is 7. The van der Waals surface area contributed by atoms with E-state index in [4.69, 9.17) is 9.47 Å². The fourth-order valence-corrected chi connectivity index (χ4v) is 3.45. The molecule has 0 aromatic heterocycles. The van der Waals surface area contributed by atoms with E-state index in [0.717, 1.165) is 11.6 Å². The average Bonchev–Trinajstić information content (AvgIpc) is 2.79. The molecule has 3 rings (SSSR count). The molecule has 0 unspecified atom stereocenters. The van der Waals surface area contributed by atoms with Crippen LogP contribution in [0.15, 0.2) is 54.6 Å². The van der Waals surface area contributed by atoms with Crippen molar-refractivity contribution in [3.8, 4) is 11.5 Å². The van der Waals surface area contributed by atoms with Gasteiger partial charge in [0, 0.05) is 17.7 Å². The zero-order valence-corrected chi connectivity index (χ0v) is 18.7. The predicted octanol–water partition coefficient (Wildman–Crippen LogP) is 3.79. The summed E-state index contributed by atoms with van der Waals surface area (Å²) in [5, 5.41) is 13.2. The highest BCUT2D eigenvalue weighted by Crippen LogP contribution is 2.35. The second kappa shape index (κ2) is 10.4. The number of imide groups is 2. The number of nitrogens with one attached hydrogen (secondary N) is 1. The highest BCUT2D eigenvalue weighted by molar-refractivity contribution is 6.39. The van der Waals surface area contributed by atoms with Crippen molar-refractivity contribution < 1.29 is 28.8 Å². The zero-order valence-electron chi connectivity index (χ0n) is 18.7. The summed E-state index contributed by atoms with van der Waals surface area (Å²) in [4.78, 5) is 49.3. The Morgan fingerprint density at radius 1 is 1.12 bits per heavy atom. The number of ether oxygens (including phenoxy) is 2. The average molecular weight is 465 g/mol. The third kappa shape index (κ3) is 4.96. The number of nitro groups is 1. The topological polar surface area (TPSA) is 128 Å². The van der Waals surface area contributed by atoms with Crippen LogP contribution in [-0.2, 0) is 16.0 Å². The Labute approximate surface area is 195 Å². The number of nitro benzene ring substituents is 1. The largest absolute Gasteiger partial charge is 0.490 e. The first-order valence-corrected chi connectivity index (χ1v) is 10.5. The normalized spacial score (nSPS) is 14.7. The van der Waals surface area contributed by atoms with Crippen LogP contribution in [0.2, 0.25) is 0 Å². The first-order valence-electron chi connectivity index (χ1n) is 10.5. The number of barbiturate groups is 1. The number of carbonyl (C=O) groups is 3. The Balaban J connectivity index is 2.09. The van der Waals surface area contributed by atoms with Crippen molar-refractivity contribution in [2.45, 2.75) is 20.3 Å². The molecule has 1 heterocycles. The van der Waals surface area contributed by atoms with Crippen LogP contribution in [0.4, 0.5) is 16.2 Å². The van der Waals surface area contributed by atoms with Gasteiger partial charge in [0.2, 0.25) is 0 Å². The molecule has 0 aliphatic carbocycles. The standard InChI is InChI=1S/C24H23N3O7/c1-4-8-16-11-15(13-20(33-5-2)21(16)34-6-3)12-19-22(28)25-24(30)26(23(19)29)17-9-7-10-18(14-17)27(31)32/h4,7,9-14H,1,5-6,8H2,2-3H3,(H,25,28,30)/b19-12+. The van der Waals surface area contributed by atoms with E-state index in [1.807, 2.05) is 13.8 Å². The molecule has 1 saturated heterocycles.